The van der Waals surface area contributed by atoms with Crippen molar-refractivity contribution in [2.45, 2.75) is 52.4 Å². The summed E-state index contributed by atoms with van der Waals surface area (Å²) >= 11 is 1.23. The highest BCUT2D eigenvalue weighted by Crippen LogP contribution is 2.32. The van der Waals surface area contributed by atoms with Gasteiger partial charge in [0, 0.05) is 17.2 Å². The Hall–Kier alpha value is -3.00. The number of nitrogens with one attached hydrogen (secondary N) is 1. The van der Waals surface area contributed by atoms with Crippen molar-refractivity contribution in [1.29, 1.82) is 0 Å². The lowest BCUT2D eigenvalue weighted by Crippen LogP contribution is -2.25. The number of hydrogen-bond donors (Lipinski definition) is 1. The summed E-state index contributed by atoms with van der Waals surface area (Å²) in [5.74, 6) is -0.106. The van der Waals surface area contributed by atoms with E-state index >= 15 is 0 Å². The summed E-state index contributed by atoms with van der Waals surface area (Å²) in [7, 11) is 0. The number of ether oxygens (including phenoxy) is 1. The number of fused-ring (bicyclic) bond motifs is 1. The van der Waals surface area contributed by atoms with Gasteiger partial charge in [0.1, 0.15) is 5.00 Å². The van der Waals surface area contributed by atoms with Crippen molar-refractivity contribution < 1.29 is 14.3 Å². The van der Waals surface area contributed by atoms with Gasteiger partial charge in [0.15, 0.2) is 5.69 Å². The van der Waals surface area contributed by atoms with Gasteiger partial charge in [0.05, 0.1) is 17.7 Å². The maximum atomic E-state index is 13.4. The van der Waals surface area contributed by atoms with Crippen molar-refractivity contribution in [3.05, 3.63) is 51.3 Å². The summed E-state index contributed by atoms with van der Waals surface area (Å²) in [5, 5.41) is 10.0. The van der Waals surface area contributed by atoms with Gasteiger partial charge in [-0.3, -0.25) is 9.59 Å². The number of carbonyl (C=O) groups excluding carboxylic acids is 2. The zero-order valence-corrected chi connectivity index (χ0v) is 19.2. The van der Waals surface area contributed by atoms with Crippen LogP contribution in [0, 0.1) is 12.8 Å². The molecule has 0 unspecified atom stereocenters. The maximum absolute atomic E-state index is 13.4. The van der Waals surface area contributed by atoms with E-state index in [0.29, 0.717) is 28.4 Å². The van der Waals surface area contributed by atoms with Crippen LogP contribution in [0.3, 0.4) is 0 Å². The number of benzene rings is 1. The first kappa shape index (κ1) is 22.2. The highest BCUT2D eigenvalue weighted by molar-refractivity contribution is 7.16. The van der Waals surface area contributed by atoms with Gasteiger partial charge in [0.2, 0.25) is 5.91 Å². The molecule has 1 aliphatic carbocycles. The van der Waals surface area contributed by atoms with E-state index < -0.39 is 5.97 Å². The Balaban J connectivity index is 1.72. The number of amides is 1. The average molecular weight is 454 g/mol. The van der Waals surface area contributed by atoms with Gasteiger partial charge in [-0.1, -0.05) is 43.4 Å². The molecule has 7 nitrogen and oxygen atoms in total. The Labute approximate surface area is 190 Å². The largest absolute Gasteiger partial charge is 0.461 e. The van der Waals surface area contributed by atoms with Gasteiger partial charge in [0.25, 0.3) is 5.56 Å². The van der Waals surface area contributed by atoms with Gasteiger partial charge in [-0.15, -0.1) is 11.3 Å². The number of carbonyl (C=O) groups is 2. The van der Waals surface area contributed by atoms with Gasteiger partial charge < -0.3 is 10.1 Å². The molecule has 3 aromatic rings. The lowest BCUT2D eigenvalue weighted by molar-refractivity contribution is -0.116. The van der Waals surface area contributed by atoms with Crippen molar-refractivity contribution in [2.24, 2.45) is 5.92 Å². The topological polar surface area (TPSA) is 90.3 Å². The van der Waals surface area contributed by atoms with Crippen molar-refractivity contribution in [3.63, 3.8) is 0 Å². The van der Waals surface area contributed by atoms with E-state index in [4.69, 9.17) is 4.74 Å². The van der Waals surface area contributed by atoms with Crippen LogP contribution in [-0.2, 0) is 9.53 Å². The van der Waals surface area contributed by atoms with E-state index in [2.05, 4.69) is 10.4 Å². The second-order valence-electron chi connectivity index (χ2n) is 8.21. The van der Waals surface area contributed by atoms with E-state index in [-0.39, 0.29) is 29.2 Å². The van der Waals surface area contributed by atoms with Crippen LogP contribution >= 0.6 is 11.3 Å². The third-order valence-corrected chi connectivity index (χ3v) is 6.80. The summed E-state index contributed by atoms with van der Waals surface area (Å²) in [4.78, 5) is 38.6. The second-order valence-corrected chi connectivity index (χ2v) is 9.09. The molecule has 2 aromatic heterocycles. The second kappa shape index (κ2) is 9.65. The van der Waals surface area contributed by atoms with Crippen molar-refractivity contribution >= 4 is 39.0 Å². The fourth-order valence-electron chi connectivity index (χ4n) is 4.18. The molecule has 0 bridgehead atoms. The molecule has 8 heteroatoms. The van der Waals surface area contributed by atoms with E-state index in [9.17, 15) is 14.4 Å². The molecule has 1 saturated carbocycles. The van der Waals surface area contributed by atoms with E-state index in [1.807, 2.05) is 19.1 Å². The van der Waals surface area contributed by atoms with Gasteiger partial charge in [-0.05, 0) is 38.3 Å². The molecular formula is C24H27N3O4S. The molecule has 168 valence electrons. The smallest absolute Gasteiger partial charge is 0.359 e. The van der Waals surface area contributed by atoms with E-state index in [1.165, 1.54) is 41.7 Å². The number of aryl methyl sites for hydroxylation is 1. The summed E-state index contributed by atoms with van der Waals surface area (Å²) in [6.45, 7) is 3.86. The SMILES string of the molecule is CCOC(=O)c1nn(-c2ccc(C)cc2)c(=O)c2c(NC(=O)CCC3CCCC3)scc12. The van der Waals surface area contributed by atoms with Crippen LogP contribution < -0.4 is 10.9 Å². The Morgan fingerprint density at radius 2 is 1.94 bits per heavy atom. The molecule has 4 rings (SSSR count). The predicted octanol–water partition coefficient (Wildman–Crippen LogP) is 4.84. The molecule has 1 aromatic carbocycles. The first-order valence-corrected chi connectivity index (χ1v) is 11.9. The fraction of sp³-hybridized carbons (Fsp3) is 0.417. The van der Waals surface area contributed by atoms with Crippen LogP contribution in [0.15, 0.2) is 34.4 Å². The molecule has 0 saturated heterocycles. The summed E-state index contributed by atoms with van der Waals surface area (Å²) in [6.07, 6.45) is 6.13. The Morgan fingerprint density at radius 3 is 2.62 bits per heavy atom. The molecule has 0 radical (unpaired) electrons. The molecule has 1 aliphatic rings. The molecule has 32 heavy (non-hydrogen) atoms. The fourth-order valence-corrected chi connectivity index (χ4v) is 5.13. The molecule has 2 heterocycles. The number of nitrogens with zero attached hydrogens (tertiary/aromatic N) is 2. The minimum Gasteiger partial charge on any atom is -0.461 e. The third kappa shape index (κ3) is 4.60. The highest BCUT2D eigenvalue weighted by Gasteiger charge is 2.23. The zero-order valence-electron chi connectivity index (χ0n) is 18.3. The molecule has 1 N–H and O–H groups in total. The van der Waals surface area contributed by atoms with Crippen LogP contribution in [0.25, 0.3) is 16.5 Å². The van der Waals surface area contributed by atoms with Crippen molar-refractivity contribution in [2.75, 3.05) is 11.9 Å². The first-order chi connectivity index (χ1) is 15.5. The molecule has 1 amide bonds. The minimum atomic E-state index is -0.602. The number of rotatable bonds is 7. The van der Waals surface area contributed by atoms with E-state index in [0.717, 1.165) is 12.0 Å². The summed E-state index contributed by atoms with van der Waals surface area (Å²) in [6, 6.07) is 7.29. The lowest BCUT2D eigenvalue weighted by atomic mass is 10.0. The lowest BCUT2D eigenvalue weighted by Gasteiger charge is -2.11. The number of aromatic nitrogens is 2. The third-order valence-electron chi connectivity index (χ3n) is 5.91. The van der Waals surface area contributed by atoms with Gasteiger partial charge in [-0.25, -0.2) is 4.79 Å². The van der Waals surface area contributed by atoms with E-state index in [1.54, 1.807) is 24.4 Å². The predicted molar refractivity (Wildman–Crippen MR) is 126 cm³/mol. The minimum absolute atomic E-state index is 0.0599. The quantitative estimate of drug-likeness (QED) is 0.517. The van der Waals surface area contributed by atoms with Crippen molar-refractivity contribution in [3.8, 4) is 5.69 Å². The van der Waals surface area contributed by atoms with Crippen LogP contribution in [0.2, 0.25) is 0 Å². The summed E-state index contributed by atoms with van der Waals surface area (Å²) < 4.78 is 6.38. The Morgan fingerprint density at radius 1 is 1.22 bits per heavy atom. The Bertz CT molecular complexity index is 1190. The number of hydrogen-bond acceptors (Lipinski definition) is 6. The maximum Gasteiger partial charge on any atom is 0.359 e. The molecular weight excluding hydrogens is 426 g/mol. The monoisotopic (exact) mass is 453 g/mol. The summed E-state index contributed by atoms with van der Waals surface area (Å²) in [5.41, 5.74) is 1.26. The number of anilines is 1. The molecule has 0 atom stereocenters. The molecule has 1 fully saturated rings. The molecule has 0 aliphatic heterocycles. The Kier molecular flexibility index (Phi) is 6.69. The molecule has 0 spiro atoms. The average Bonchev–Trinajstić information content (AvgIpc) is 3.44. The number of esters is 1. The first-order valence-electron chi connectivity index (χ1n) is 11.1. The highest BCUT2D eigenvalue weighted by atomic mass is 32.1. The van der Waals surface area contributed by atoms with Crippen LogP contribution in [0.4, 0.5) is 5.00 Å². The van der Waals surface area contributed by atoms with Crippen LogP contribution in [-0.4, -0.2) is 28.3 Å². The van der Waals surface area contributed by atoms with Crippen LogP contribution in [0.1, 0.15) is 61.5 Å². The standard InChI is InChI=1S/C24H27N3O4S/c1-3-31-24(30)21-18-14-32-22(25-19(28)13-10-16-6-4-5-7-16)20(18)23(29)27(26-21)17-11-8-15(2)9-12-17/h8-9,11-12,14,16H,3-7,10,13H2,1-2H3,(H,25,28). The van der Waals surface area contributed by atoms with Gasteiger partial charge >= 0.3 is 5.97 Å². The normalized spacial score (nSPS) is 14.1. The van der Waals surface area contributed by atoms with Gasteiger partial charge in [-0.2, -0.15) is 9.78 Å². The van der Waals surface area contributed by atoms with Crippen LogP contribution in [0.5, 0.6) is 0 Å². The zero-order chi connectivity index (χ0) is 22.7. The van der Waals surface area contributed by atoms with Crippen molar-refractivity contribution in [1.82, 2.24) is 9.78 Å². The number of thiophene rings is 1.